The van der Waals surface area contributed by atoms with Crippen molar-refractivity contribution in [1.29, 1.82) is 0 Å². The first kappa shape index (κ1) is 19.1. The molecule has 2 aromatic rings. The van der Waals surface area contributed by atoms with Gasteiger partial charge in [0.05, 0.1) is 0 Å². The number of nitrogens with zero attached hydrogens (tertiary/aromatic N) is 1. The molecule has 0 N–H and O–H groups in total. The first-order valence-corrected chi connectivity index (χ1v) is 9.80. The Bertz CT molecular complexity index is 802. The summed E-state index contributed by atoms with van der Waals surface area (Å²) in [5.41, 5.74) is 2.39. The molecule has 0 saturated carbocycles. The Hall–Kier alpha value is -2.21. The number of benzene rings is 2. The van der Waals surface area contributed by atoms with Gasteiger partial charge in [0, 0.05) is 18.5 Å². The molecule has 0 spiro atoms. The molecule has 28 heavy (non-hydrogen) atoms. The molecule has 150 valence electrons. The van der Waals surface area contributed by atoms with Gasteiger partial charge in [0.2, 0.25) is 0 Å². The Morgan fingerprint density at radius 2 is 1.68 bits per heavy atom. The van der Waals surface area contributed by atoms with E-state index in [1.165, 1.54) is 43.0 Å². The fraction of sp³-hybridized carbons (Fsp3) is 0.455. The van der Waals surface area contributed by atoms with E-state index >= 15 is 0 Å². The topological polar surface area (TPSA) is 21.7 Å². The monoisotopic (exact) mass is 391 g/mol. The van der Waals surface area contributed by atoms with Crippen LogP contribution in [0.3, 0.4) is 0 Å². The second-order valence-electron chi connectivity index (χ2n) is 7.59. The average molecular weight is 391 g/mol. The molecule has 0 amide bonds. The molecule has 1 heterocycles. The maximum absolute atomic E-state index is 12.5. The van der Waals surface area contributed by atoms with Gasteiger partial charge < -0.3 is 14.4 Å². The van der Waals surface area contributed by atoms with Crippen molar-refractivity contribution in [1.82, 2.24) is 4.90 Å². The second kappa shape index (κ2) is 8.03. The van der Waals surface area contributed by atoms with Crippen LogP contribution in [0.4, 0.5) is 13.2 Å². The van der Waals surface area contributed by atoms with E-state index in [1.807, 2.05) is 12.1 Å². The van der Waals surface area contributed by atoms with E-state index in [4.69, 9.17) is 4.74 Å². The lowest BCUT2D eigenvalue weighted by Crippen LogP contribution is -2.36. The lowest BCUT2D eigenvalue weighted by atomic mass is 10.0. The molecule has 1 fully saturated rings. The number of hydrogen-bond acceptors (Lipinski definition) is 3. The van der Waals surface area contributed by atoms with Gasteiger partial charge >= 0.3 is 6.36 Å². The predicted molar refractivity (Wildman–Crippen MR) is 100 cm³/mol. The summed E-state index contributed by atoms with van der Waals surface area (Å²) in [5, 5.41) is 0. The van der Waals surface area contributed by atoms with E-state index < -0.39 is 6.36 Å². The molecule has 2 aliphatic rings. The van der Waals surface area contributed by atoms with E-state index in [0.29, 0.717) is 5.75 Å². The molecule has 0 bridgehead atoms. The first-order chi connectivity index (χ1) is 13.5. The van der Waals surface area contributed by atoms with Gasteiger partial charge in [-0.2, -0.15) is 0 Å². The molecule has 4 rings (SSSR count). The highest BCUT2D eigenvalue weighted by molar-refractivity contribution is 5.38. The van der Waals surface area contributed by atoms with Crippen LogP contribution in [0.2, 0.25) is 0 Å². The molecule has 2 atom stereocenters. The number of ether oxygens (including phenoxy) is 2. The summed E-state index contributed by atoms with van der Waals surface area (Å²) in [6.45, 7) is 3.15. The Kier molecular flexibility index (Phi) is 5.49. The Morgan fingerprint density at radius 3 is 2.46 bits per heavy atom. The van der Waals surface area contributed by atoms with Crippen molar-refractivity contribution < 1.29 is 22.6 Å². The highest BCUT2D eigenvalue weighted by atomic mass is 19.4. The summed E-state index contributed by atoms with van der Waals surface area (Å²) < 4.78 is 47.9. The average Bonchev–Trinajstić information content (AvgIpc) is 2.99. The molecule has 0 aromatic heterocycles. The minimum atomic E-state index is -4.71. The summed E-state index contributed by atoms with van der Waals surface area (Å²) in [6, 6.07) is 14.0. The number of halogens is 3. The normalized spacial score (nSPS) is 22.7. The van der Waals surface area contributed by atoms with Gasteiger partial charge in [-0.1, -0.05) is 36.8 Å². The fourth-order valence-electron chi connectivity index (χ4n) is 4.33. The molecular weight excluding hydrogens is 367 g/mol. The van der Waals surface area contributed by atoms with Crippen LogP contribution in [0, 0.1) is 5.92 Å². The van der Waals surface area contributed by atoms with Crippen molar-refractivity contribution in [3.63, 3.8) is 0 Å². The Labute approximate surface area is 163 Å². The van der Waals surface area contributed by atoms with E-state index in [9.17, 15) is 13.2 Å². The van der Waals surface area contributed by atoms with Crippen molar-refractivity contribution >= 4 is 0 Å². The quantitative estimate of drug-likeness (QED) is 0.685. The van der Waals surface area contributed by atoms with Gasteiger partial charge in [-0.25, -0.2) is 0 Å². The second-order valence-corrected chi connectivity index (χ2v) is 7.59. The van der Waals surface area contributed by atoms with Gasteiger partial charge in [-0.05, 0) is 55.6 Å². The highest BCUT2D eigenvalue weighted by Gasteiger charge is 2.36. The van der Waals surface area contributed by atoms with Crippen molar-refractivity contribution in [2.45, 2.75) is 38.1 Å². The molecule has 1 aliphatic carbocycles. The third kappa shape index (κ3) is 4.61. The number of hydrogen-bond donors (Lipinski definition) is 0. The van der Waals surface area contributed by atoms with E-state index in [0.717, 1.165) is 31.6 Å². The third-order valence-electron chi connectivity index (χ3n) is 5.52. The van der Waals surface area contributed by atoms with E-state index in [2.05, 4.69) is 21.8 Å². The van der Waals surface area contributed by atoms with Gasteiger partial charge in [0.25, 0.3) is 0 Å². The summed E-state index contributed by atoms with van der Waals surface area (Å²) in [7, 11) is 0. The van der Waals surface area contributed by atoms with Gasteiger partial charge in [0.1, 0.15) is 17.6 Å². The number of alkyl halides is 3. The smallest absolute Gasteiger partial charge is 0.485 e. The van der Waals surface area contributed by atoms with Gasteiger partial charge in [-0.3, -0.25) is 0 Å². The summed E-state index contributed by atoms with van der Waals surface area (Å²) >= 11 is 0. The predicted octanol–water partition coefficient (Wildman–Crippen LogP) is 5.36. The maximum atomic E-state index is 12.5. The van der Waals surface area contributed by atoms with Crippen LogP contribution < -0.4 is 9.47 Å². The Balaban J connectivity index is 1.53. The molecule has 0 unspecified atom stereocenters. The number of fused-ring (bicyclic) bond motifs is 1. The van der Waals surface area contributed by atoms with Crippen LogP contribution >= 0.6 is 0 Å². The molecule has 1 saturated heterocycles. The highest BCUT2D eigenvalue weighted by Crippen LogP contribution is 2.40. The lowest BCUT2D eigenvalue weighted by Gasteiger charge is -2.31. The zero-order chi connectivity index (χ0) is 19.6. The van der Waals surface area contributed by atoms with Crippen LogP contribution in [0.5, 0.6) is 11.5 Å². The van der Waals surface area contributed by atoms with Crippen LogP contribution in [-0.4, -0.2) is 30.9 Å². The number of likely N-dealkylation sites (tertiary alicyclic amines) is 1. The molecule has 6 heteroatoms. The van der Waals surface area contributed by atoms with Crippen molar-refractivity contribution in [3.8, 4) is 11.5 Å². The molecule has 3 nitrogen and oxygen atoms in total. The largest absolute Gasteiger partial charge is 0.573 e. The van der Waals surface area contributed by atoms with Gasteiger partial charge in [0.15, 0.2) is 0 Å². The summed E-state index contributed by atoms with van der Waals surface area (Å²) in [5.74, 6) is 0.415. The third-order valence-corrected chi connectivity index (χ3v) is 5.52. The minimum Gasteiger partial charge on any atom is -0.485 e. The Morgan fingerprint density at radius 1 is 0.929 bits per heavy atom. The van der Waals surface area contributed by atoms with Crippen molar-refractivity contribution in [2.24, 2.45) is 5.92 Å². The van der Waals surface area contributed by atoms with Gasteiger partial charge in [-0.15, -0.1) is 13.2 Å². The number of rotatable bonds is 5. The maximum Gasteiger partial charge on any atom is 0.573 e. The van der Waals surface area contributed by atoms with Crippen molar-refractivity contribution in [3.05, 3.63) is 59.7 Å². The van der Waals surface area contributed by atoms with Crippen LogP contribution in [-0.2, 0) is 6.42 Å². The molecule has 2 aromatic carbocycles. The lowest BCUT2D eigenvalue weighted by molar-refractivity contribution is -0.274. The molecule has 0 radical (unpaired) electrons. The zero-order valence-electron chi connectivity index (χ0n) is 15.6. The molecular formula is C22H24F3NO2. The number of piperidine rings is 1. The van der Waals surface area contributed by atoms with E-state index in [1.54, 1.807) is 6.07 Å². The van der Waals surface area contributed by atoms with Crippen LogP contribution in [0.1, 0.15) is 36.5 Å². The standard InChI is InChI=1S/C22H24F3NO2/c23-22(24,25)28-19-9-6-8-18(14-19)27-21-17(15-26-11-4-1-5-12-26)13-16-7-2-3-10-20(16)21/h2-3,6-10,14,17,21H,1,4-5,11-13,15H2/t17-,21+/m1/s1. The zero-order valence-corrected chi connectivity index (χ0v) is 15.6. The molecule has 1 aliphatic heterocycles. The van der Waals surface area contributed by atoms with E-state index in [-0.39, 0.29) is 17.8 Å². The fourth-order valence-corrected chi connectivity index (χ4v) is 4.33. The first-order valence-electron chi connectivity index (χ1n) is 9.80. The SMILES string of the molecule is FC(F)(F)Oc1cccc(O[C@@H]2c3ccccc3C[C@@H]2CN2CCCCC2)c1. The summed E-state index contributed by atoms with van der Waals surface area (Å²) in [6.07, 6.45) is -0.220. The van der Waals surface area contributed by atoms with Crippen LogP contribution in [0.25, 0.3) is 0 Å². The van der Waals surface area contributed by atoms with Crippen molar-refractivity contribution in [2.75, 3.05) is 19.6 Å². The minimum absolute atomic E-state index is 0.167. The summed E-state index contributed by atoms with van der Waals surface area (Å²) in [4.78, 5) is 2.49. The van der Waals surface area contributed by atoms with Crippen LogP contribution in [0.15, 0.2) is 48.5 Å².